The van der Waals surface area contributed by atoms with Crippen LogP contribution in [0.2, 0.25) is 5.02 Å². The summed E-state index contributed by atoms with van der Waals surface area (Å²) in [6, 6.07) is 9.35. The van der Waals surface area contributed by atoms with Crippen LogP contribution < -0.4 is 4.72 Å². The molecule has 25 heavy (non-hydrogen) atoms. The molecule has 130 valence electrons. The van der Waals surface area contributed by atoms with Crippen LogP contribution in [-0.4, -0.2) is 31.7 Å². The minimum atomic E-state index is -3.88. The molecule has 3 rings (SSSR count). The van der Waals surface area contributed by atoms with Gasteiger partial charge in [-0.3, -0.25) is 9.82 Å². The summed E-state index contributed by atoms with van der Waals surface area (Å²) in [5.41, 5.74) is 1.78. The van der Waals surface area contributed by atoms with Crippen molar-refractivity contribution >= 4 is 44.2 Å². The Balaban J connectivity index is 2.00. The summed E-state index contributed by atoms with van der Waals surface area (Å²) in [5, 5.41) is 7.16. The van der Waals surface area contributed by atoms with Crippen LogP contribution in [0.3, 0.4) is 0 Å². The Morgan fingerprint density at radius 1 is 1.24 bits per heavy atom. The van der Waals surface area contributed by atoms with E-state index in [2.05, 4.69) is 19.7 Å². The second kappa shape index (κ2) is 6.38. The SMILES string of the molecule is COC(=O)c1n[nH]c2ccc(NS(=O)(=O)c3ccc(C)cc3Cl)cc12. The van der Waals surface area contributed by atoms with Gasteiger partial charge in [0.05, 0.1) is 17.6 Å². The maximum absolute atomic E-state index is 12.6. The molecule has 0 atom stereocenters. The van der Waals surface area contributed by atoms with Crippen molar-refractivity contribution in [1.82, 2.24) is 10.2 Å². The van der Waals surface area contributed by atoms with Gasteiger partial charge in [-0.15, -0.1) is 0 Å². The molecule has 9 heteroatoms. The van der Waals surface area contributed by atoms with Crippen molar-refractivity contribution in [2.45, 2.75) is 11.8 Å². The summed E-state index contributed by atoms with van der Waals surface area (Å²) in [7, 11) is -2.64. The van der Waals surface area contributed by atoms with E-state index in [9.17, 15) is 13.2 Å². The number of ether oxygens (including phenoxy) is 1. The van der Waals surface area contributed by atoms with Crippen molar-refractivity contribution in [2.75, 3.05) is 11.8 Å². The number of esters is 1. The van der Waals surface area contributed by atoms with Gasteiger partial charge in [-0.2, -0.15) is 5.10 Å². The lowest BCUT2D eigenvalue weighted by atomic mass is 10.2. The van der Waals surface area contributed by atoms with Crippen molar-refractivity contribution in [3.8, 4) is 0 Å². The van der Waals surface area contributed by atoms with E-state index in [1.807, 2.05) is 6.92 Å². The maximum atomic E-state index is 12.6. The Kier molecular flexibility index (Phi) is 4.40. The number of halogens is 1. The highest BCUT2D eigenvalue weighted by atomic mass is 35.5. The number of sulfonamides is 1. The number of H-pyrrole nitrogens is 1. The van der Waals surface area contributed by atoms with Crippen molar-refractivity contribution in [1.29, 1.82) is 0 Å². The van der Waals surface area contributed by atoms with Crippen LogP contribution in [0, 0.1) is 6.92 Å². The van der Waals surface area contributed by atoms with Gasteiger partial charge in [-0.05, 0) is 42.8 Å². The lowest BCUT2D eigenvalue weighted by molar-refractivity contribution is 0.0596. The van der Waals surface area contributed by atoms with E-state index in [-0.39, 0.29) is 21.3 Å². The van der Waals surface area contributed by atoms with E-state index in [0.717, 1.165) is 5.56 Å². The highest BCUT2D eigenvalue weighted by Crippen LogP contribution is 2.27. The Morgan fingerprint density at radius 2 is 2.00 bits per heavy atom. The lowest BCUT2D eigenvalue weighted by Gasteiger charge is -2.10. The molecule has 0 aliphatic carbocycles. The Morgan fingerprint density at radius 3 is 2.68 bits per heavy atom. The molecule has 7 nitrogen and oxygen atoms in total. The van der Waals surface area contributed by atoms with Crippen molar-refractivity contribution in [3.63, 3.8) is 0 Å². The molecule has 0 saturated heterocycles. The van der Waals surface area contributed by atoms with Gasteiger partial charge in [-0.25, -0.2) is 13.2 Å². The van der Waals surface area contributed by atoms with Crippen LogP contribution in [0.5, 0.6) is 0 Å². The average Bonchev–Trinajstić information content (AvgIpc) is 2.96. The molecule has 0 radical (unpaired) electrons. The molecule has 0 aliphatic heterocycles. The second-order valence-electron chi connectivity index (χ2n) is 5.36. The molecule has 0 spiro atoms. The minimum Gasteiger partial charge on any atom is -0.464 e. The van der Waals surface area contributed by atoms with Gasteiger partial charge in [-0.1, -0.05) is 17.7 Å². The fraction of sp³-hybridized carbons (Fsp3) is 0.125. The van der Waals surface area contributed by atoms with Gasteiger partial charge in [0.25, 0.3) is 10.0 Å². The topological polar surface area (TPSA) is 101 Å². The van der Waals surface area contributed by atoms with Gasteiger partial charge >= 0.3 is 5.97 Å². The number of hydrogen-bond acceptors (Lipinski definition) is 5. The number of aryl methyl sites for hydroxylation is 1. The number of aromatic amines is 1. The number of benzene rings is 2. The zero-order chi connectivity index (χ0) is 18.2. The summed E-state index contributed by atoms with van der Waals surface area (Å²) in [6.45, 7) is 1.82. The molecule has 0 bridgehead atoms. The molecular weight excluding hydrogens is 366 g/mol. The molecule has 2 N–H and O–H groups in total. The van der Waals surface area contributed by atoms with Crippen LogP contribution in [0.1, 0.15) is 16.1 Å². The molecule has 0 fully saturated rings. The van der Waals surface area contributed by atoms with E-state index in [1.54, 1.807) is 24.3 Å². The Labute approximate surface area is 149 Å². The zero-order valence-electron chi connectivity index (χ0n) is 13.3. The summed E-state index contributed by atoms with van der Waals surface area (Å²) in [4.78, 5) is 11.7. The van der Waals surface area contributed by atoms with E-state index < -0.39 is 16.0 Å². The average molecular weight is 380 g/mol. The van der Waals surface area contributed by atoms with Crippen molar-refractivity contribution < 1.29 is 17.9 Å². The van der Waals surface area contributed by atoms with Crippen molar-refractivity contribution in [3.05, 3.63) is 52.7 Å². The van der Waals surface area contributed by atoms with Gasteiger partial charge in [0.15, 0.2) is 5.69 Å². The standard InChI is InChI=1S/C16H14ClN3O4S/c1-9-3-6-14(12(17)7-9)25(22,23)20-10-4-5-13-11(8-10)15(19-18-13)16(21)24-2/h3-8,20H,1-2H3,(H,18,19). The van der Waals surface area contributed by atoms with Crippen LogP contribution in [0.4, 0.5) is 5.69 Å². The number of rotatable bonds is 4. The fourth-order valence-corrected chi connectivity index (χ4v) is 4.01. The Hall–Kier alpha value is -2.58. The molecule has 0 amide bonds. The fourth-order valence-electron chi connectivity index (χ4n) is 2.36. The summed E-state index contributed by atoms with van der Waals surface area (Å²) in [6.07, 6.45) is 0. The monoisotopic (exact) mass is 379 g/mol. The van der Waals surface area contributed by atoms with Gasteiger partial charge in [0, 0.05) is 11.1 Å². The number of carbonyl (C=O) groups is 1. The largest absolute Gasteiger partial charge is 0.464 e. The molecule has 0 saturated carbocycles. The van der Waals surface area contributed by atoms with Gasteiger partial charge in [0.2, 0.25) is 0 Å². The van der Waals surface area contributed by atoms with E-state index in [1.165, 1.54) is 19.2 Å². The number of hydrogen-bond donors (Lipinski definition) is 2. The smallest absolute Gasteiger partial charge is 0.359 e. The first-order valence-electron chi connectivity index (χ1n) is 7.17. The quantitative estimate of drug-likeness (QED) is 0.678. The molecular formula is C16H14ClN3O4S. The van der Waals surface area contributed by atoms with Crippen LogP contribution >= 0.6 is 11.6 Å². The predicted octanol–water partition coefficient (Wildman–Crippen LogP) is 3.11. The minimum absolute atomic E-state index is 0.0275. The Bertz CT molecular complexity index is 1080. The molecule has 3 aromatic rings. The molecule has 1 aromatic heterocycles. The highest BCUT2D eigenvalue weighted by molar-refractivity contribution is 7.92. The van der Waals surface area contributed by atoms with Crippen molar-refractivity contribution in [2.24, 2.45) is 0 Å². The van der Waals surface area contributed by atoms with E-state index in [4.69, 9.17) is 11.6 Å². The summed E-state index contributed by atoms with van der Waals surface area (Å²) >= 11 is 6.05. The number of anilines is 1. The van der Waals surface area contributed by atoms with Gasteiger partial charge < -0.3 is 4.74 Å². The van der Waals surface area contributed by atoms with Crippen LogP contribution in [0.25, 0.3) is 10.9 Å². The molecule has 1 heterocycles. The normalized spacial score (nSPS) is 11.5. The third-order valence-corrected chi connectivity index (χ3v) is 5.43. The zero-order valence-corrected chi connectivity index (χ0v) is 14.9. The van der Waals surface area contributed by atoms with Crippen LogP contribution in [-0.2, 0) is 14.8 Å². The molecule has 0 unspecified atom stereocenters. The molecule has 2 aromatic carbocycles. The van der Waals surface area contributed by atoms with E-state index >= 15 is 0 Å². The number of nitrogens with one attached hydrogen (secondary N) is 2. The number of carbonyl (C=O) groups excluding carboxylic acids is 1. The maximum Gasteiger partial charge on any atom is 0.359 e. The predicted molar refractivity (Wildman–Crippen MR) is 94.4 cm³/mol. The molecule has 0 aliphatic rings. The second-order valence-corrected chi connectivity index (χ2v) is 7.42. The highest BCUT2D eigenvalue weighted by Gasteiger charge is 2.20. The first-order chi connectivity index (χ1) is 11.8. The number of methoxy groups -OCH3 is 1. The number of nitrogens with zero attached hydrogens (tertiary/aromatic N) is 1. The first-order valence-corrected chi connectivity index (χ1v) is 9.03. The number of fused-ring (bicyclic) bond motifs is 1. The van der Waals surface area contributed by atoms with Gasteiger partial charge in [0.1, 0.15) is 4.90 Å². The lowest BCUT2D eigenvalue weighted by Crippen LogP contribution is -2.13. The first kappa shape index (κ1) is 17.2. The van der Waals surface area contributed by atoms with E-state index in [0.29, 0.717) is 10.9 Å². The third kappa shape index (κ3) is 3.31. The van der Waals surface area contributed by atoms with Crippen LogP contribution in [0.15, 0.2) is 41.3 Å². The third-order valence-electron chi connectivity index (χ3n) is 3.57. The summed E-state index contributed by atoms with van der Waals surface area (Å²) < 4.78 is 32.3. The summed E-state index contributed by atoms with van der Waals surface area (Å²) in [5.74, 6) is -0.618. The number of aromatic nitrogens is 2.